The Morgan fingerprint density at radius 1 is 1.14 bits per heavy atom. The lowest BCUT2D eigenvalue weighted by molar-refractivity contribution is 0.0787. The number of anilines is 2. The third-order valence-corrected chi connectivity index (χ3v) is 3.52. The van der Waals surface area contributed by atoms with E-state index in [1.54, 1.807) is 17.2 Å². The number of aromatic nitrogens is 1. The fourth-order valence-electron chi connectivity index (χ4n) is 2.09. The molecule has 1 amide bonds. The molecule has 22 heavy (non-hydrogen) atoms. The number of nitrogens with one attached hydrogen (secondary N) is 1. The Hall–Kier alpha value is -2.36. The number of benzene rings is 1. The zero-order valence-electron chi connectivity index (χ0n) is 13.5. The van der Waals surface area contributed by atoms with Crippen LogP contribution in [-0.4, -0.2) is 29.4 Å². The molecule has 4 nitrogen and oxygen atoms in total. The zero-order chi connectivity index (χ0) is 15.9. The van der Waals surface area contributed by atoms with Gasteiger partial charge in [-0.1, -0.05) is 31.0 Å². The van der Waals surface area contributed by atoms with E-state index in [4.69, 9.17) is 0 Å². The molecule has 0 unspecified atom stereocenters. The maximum Gasteiger partial charge on any atom is 0.272 e. The summed E-state index contributed by atoms with van der Waals surface area (Å²) in [4.78, 5) is 18.2. The molecular weight excluding hydrogens is 274 g/mol. The number of rotatable bonds is 6. The minimum absolute atomic E-state index is 0.0321. The molecule has 4 heteroatoms. The van der Waals surface area contributed by atoms with Crippen LogP contribution in [0.15, 0.2) is 42.6 Å². The monoisotopic (exact) mass is 297 g/mol. The van der Waals surface area contributed by atoms with Crippen LogP contribution in [0.1, 0.15) is 35.8 Å². The lowest BCUT2D eigenvalue weighted by Crippen LogP contribution is -2.28. The molecule has 0 aliphatic carbocycles. The van der Waals surface area contributed by atoms with E-state index >= 15 is 0 Å². The number of pyridine rings is 1. The molecule has 1 heterocycles. The highest BCUT2D eigenvalue weighted by Crippen LogP contribution is 2.16. The van der Waals surface area contributed by atoms with Gasteiger partial charge >= 0.3 is 0 Å². The first-order valence-electron chi connectivity index (χ1n) is 7.65. The van der Waals surface area contributed by atoms with Gasteiger partial charge in [0.2, 0.25) is 0 Å². The molecule has 0 atom stereocenters. The molecule has 0 bridgehead atoms. The number of hydrogen-bond acceptors (Lipinski definition) is 3. The third-order valence-electron chi connectivity index (χ3n) is 3.52. The summed E-state index contributed by atoms with van der Waals surface area (Å²) in [5.74, 6) is -0.0321. The molecule has 0 radical (unpaired) electrons. The van der Waals surface area contributed by atoms with E-state index in [2.05, 4.69) is 36.3 Å². The SMILES string of the molecule is CCCCN(C)C(=O)c1ccc(Nc2ccc(C)cc2)cn1. The van der Waals surface area contributed by atoms with Gasteiger partial charge in [-0.3, -0.25) is 4.79 Å². The van der Waals surface area contributed by atoms with Crippen LogP contribution in [0.4, 0.5) is 11.4 Å². The van der Waals surface area contributed by atoms with Crippen molar-refractivity contribution in [3.05, 3.63) is 53.9 Å². The summed E-state index contributed by atoms with van der Waals surface area (Å²) in [6.45, 7) is 4.93. The van der Waals surface area contributed by atoms with E-state index in [9.17, 15) is 4.79 Å². The first-order chi connectivity index (χ1) is 10.6. The first kappa shape index (κ1) is 16.0. The highest BCUT2D eigenvalue weighted by atomic mass is 16.2. The van der Waals surface area contributed by atoms with Crippen molar-refractivity contribution in [3.63, 3.8) is 0 Å². The molecule has 0 saturated heterocycles. The number of carbonyl (C=O) groups excluding carboxylic acids is 1. The van der Waals surface area contributed by atoms with Gasteiger partial charge in [0.05, 0.1) is 11.9 Å². The second kappa shape index (κ2) is 7.59. The van der Waals surface area contributed by atoms with Gasteiger partial charge in [0, 0.05) is 19.3 Å². The summed E-state index contributed by atoms with van der Waals surface area (Å²) in [5.41, 5.74) is 3.58. The summed E-state index contributed by atoms with van der Waals surface area (Å²) >= 11 is 0. The van der Waals surface area contributed by atoms with Gasteiger partial charge in [0.25, 0.3) is 5.91 Å². The molecular formula is C18H23N3O. The van der Waals surface area contributed by atoms with Crippen molar-refractivity contribution < 1.29 is 4.79 Å². The van der Waals surface area contributed by atoms with Crippen molar-refractivity contribution in [3.8, 4) is 0 Å². The lowest BCUT2D eigenvalue weighted by Gasteiger charge is -2.16. The maximum atomic E-state index is 12.2. The van der Waals surface area contributed by atoms with Crippen LogP contribution in [0.5, 0.6) is 0 Å². The van der Waals surface area contributed by atoms with Crippen molar-refractivity contribution in [2.24, 2.45) is 0 Å². The number of carbonyl (C=O) groups is 1. The van der Waals surface area contributed by atoms with Gasteiger partial charge in [-0.15, -0.1) is 0 Å². The molecule has 1 aromatic heterocycles. The molecule has 1 aromatic carbocycles. The molecule has 0 fully saturated rings. The first-order valence-corrected chi connectivity index (χ1v) is 7.65. The fraction of sp³-hybridized carbons (Fsp3) is 0.333. The third kappa shape index (κ3) is 4.32. The summed E-state index contributed by atoms with van der Waals surface area (Å²) in [5, 5.41) is 3.27. The predicted molar refractivity (Wildman–Crippen MR) is 90.6 cm³/mol. The van der Waals surface area contributed by atoms with Gasteiger partial charge in [-0.05, 0) is 37.6 Å². The maximum absolute atomic E-state index is 12.2. The van der Waals surface area contributed by atoms with Crippen molar-refractivity contribution in [1.29, 1.82) is 0 Å². The minimum atomic E-state index is -0.0321. The Morgan fingerprint density at radius 3 is 2.41 bits per heavy atom. The average Bonchev–Trinajstić information content (AvgIpc) is 2.55. The number of hydrogen-bond donors (Lipinski definition) is 1. The van der Waals surface area contributed by atoms with Gasteiger partial charge in [0.1, 0.15) is 5.69 Å². The lowest BCUT2D eigenvalue weighted by atomic mass is 10.2. The highest BCUT2D eigenvalue weighted by Gasteiger charge is 2.12. The number of aryl methyl sites for hydroxylation is 1. The quantitative estimate of drug-likeness (QED) is 0.876. The van der Waals surface area contributed by atoms with Gasteiger partial charge in [-0.2, -0.15) is 0 Å². The van der Waals surface area contributed by atoms with Crippen LogP contribution in [0.25, 0.3) is 0 Å². The van der Waals surface area contributed by atoms with Crippen LogP contribution in [0.3, 0.4) is 0 Å². The Balaban J connectivity index is 2.00. The fourth-order valence-corrected chi connectivity index (χ4v) is 2.09. The molecule has 1 N–H and O–H groups in total. The smallest absolute Gasteiger partial charge is 0.272 e. The number of amides is 1. The van der Waals surface area contributed by atoms with Gasteiger partial charge < -0.3 is 10.2 Å². The summed E-state index contributed by atoms with van der Waals surface area (Å²) in [6.07, 6.45) is 3.78. The Morgan fingerprint density at radius 2 is 1.82 bits per heavy atom. The van der Waals surface area contributed by atoms with E-state index in [-0.39, 0.29) is 5.91 Å². The van der Waals surface area contributed by atoms with Crippen LogP contribution in [-0.2, 0) is 0 Å². The van der Waals surface area contributed by atoms with Crippen molar-refractivity contribution in [1.82, 2.24) is 9.88 Å². The average molecular weight is 297 g/mol. The normalized spacial score (nSPS) is 10.3. The van der Waals surface area contributed by atoms with Crippen LogP contribution in [0.2, 0.25) is 0 Å². The molecule has 0 aliphatic rings. The molecule has 2 aromatic rings. The van der Waals surface area contributed by atoms with Gasteiger partial charge in [0.15, 0.2) is 0 Å². The largest absolute Gasteiger partial charge is 0.354 e. The molecule has 0 aliphatic heterocycles. The van der Waals surface area contributed by atoms with E-state index in [1.165, 1.54) is 5.56 Å². The molecule has 2 rings (SSSR count). The molecule has 116 valence electrons. The van der Waals surface area contributed by atoms with Gasteiger partial charge in [-0.25, -0.2) is 4.98 Å². The zero-order valence-corrected chi connectivity index (χ0v) is 13.5. The number of unbranched alkanes of at least 4 members (excludes halogenated alkanes) is 1. The molecule has 0 saturated carbocycles. The second-order valence-electron chi connectivity index (χ2n) is 5.50. The van der Waals surface area contributed by atoms with Crippen molar-refractivity contribution in [2.45, 2.75) is 26.7 Å². The molecule has 0 spiro atoms. The number of nitrogens with zero attached hydrogens (tertiary/aromatic N) is 2. The van der Waals surface area contributed by atoms with Crippen molar-refractivity contribution in [2.75, 3.05) is 18.9 Å². The van der Waals surface area contributed by atoms with E-state index in [0.717, 1.165) is 30.8 Å². The van der Waals surface area contributed by atoms with E-state index in [1.807, 2.05) is 25.2 Å². The Labute approximate surface area is 132 Å². The summed E-state index contributed by atoms with van der Waals surface area (Å²) in [6, 6.07) is 11.8. The van der Waals surface area contributed by atoms with Crippen LogP contribution < -0.4 is 5.32 Å². The van der Waals surface area contributed by atoms with E-state index < -0.39 is 0 Å². The highest BCUT2D eigenvalue weighted by molar-refractivity contribution is 5.92. The van der Waals surface area contributed by atoms with Crippen LogP contribution in [0, 0.1) is 6.92 Å². The standard InChI is InChI=1S/C18H23N3O/c1-4-5-12-21(3)18(22)17-11-10-16(13-19-17)20-15-8-6-14(2)7-9-15/h6-11,13,20H,4-5,12H2,1-3H3. The minimum Gasteiger partial charge on any atom is -0.354 e. The Kier molecular flexibility index (Phi) is 5.53. The topological polar surface area (TPSA) is 45.2 Å². The predicted octanol–water partition coefficient (Wildman–Crippen LogP) is 4.01. The Bertz CT molecular complexity index is 605. The summed E-state index contributed by atoms with van der Waals surface area (Å²) < 4.78 is 0. The van der Waals surface area contributed by atoms with E-state index in [0.29, 0.717) is 5.69 Å². The van der Waals surface area contributed by atoms with Crippen molar-refractivity contribution >= 4 is 17.3 Å². The van der Waals surface area contributed by atoms with Crippen LogP contribution >= 0.6 is 0 Å². The second-order valence-corrected chi connectivity index (χ2v) is 5.50. The summed E-state index contributed by atoms with van der Waals surface area (Å²) in [7, 11) is 1.82.